The Morgan fingerprint density at radius 2 is 1.53 bits per heavy atom. The number of hydrogen-bond acceptors (Lipinski definition) is 4. The van der Waals surface area contributed by atoms with Gasteiger partial charge >= 0.3 is 0 Å². The number of carbonyl (C=O) groups excluding carboxylic acids is 2. The largest absolute Gasteiger partial charge is 0.354 e. The number of unbranched alkanes of at least 4 members (excludes halogenated alkanes) is 1. The molecule has 0 aliphatic rings. The predicted molar refractivity (Wildman–Crippen MR) is 147 cm³/mol. The number of anilines is 1. The molecule has 0 aromatic heterocycles. The number of amides is 2. The van der Waals surface area contributed by atoms with Crippen LogP contribution in [0.5, 0.6) is 0 Å². The predicted octanol–water partition coefficient (Wildman–Crippen LogP) is 4.40. The molecule has 3 rings (SSSR count). The summed E-state index contributed by atoms with van der Waals surface area (Å²) in [5.41, 5.74) is 1.13. The Bertz CT molecular complexity index is 1290. The van der Waals surface area contributed by atoms with Gasteiger partial charge in [0.1, 0.15) is 18.4 Å². The maximum atomic E-state index is 13.7. The van der Waals surface area contributed by atoms with E-state index in [4.69, 9.17) is 0 Å². The summed E-state index contributed by atoms with van der Waals surface area (Å²) in [6, 6.07) is 21.4. The Labute approximate surface area is 224 Å². The number of rotatable bonds is 13. The van der Waals surface area contributed by atoms with Crippen molar-refractivity contribution in [1.82, 2.24) is 10.2 Å². The van der Waals surface area contributed by atoms with Gasteiger partial charge in [-0.25, -0.2) is 12.8 Å². The summed E-state index contributed by atoms with van der Waals surface area (Å²) < 4.78 is 41.8. The fourth-order valence-electron chi connectivity index (χ4n) is 3.96. The summed E-state index contributed by atoms with van der Waals surface area (Å²) >= 11 is 0. The molecular weight excluding hydrogens is 505 g/mol. The SMILES string of the molecule is CCCCNC(=O)C(C)N(CCc1ccccc1)C(=O)CN(c1ccc(F)cc1)S(=O)(=O)c1ccccc1. The average molecular weight is 540 g/mol. The Balaban J connectivity index is 1.92. The van der Waals surface area contributed by atoms with Crippen molar-refractivity contribution in [2.24, 2.45) is 0 Å². The molecule has 1 atom stereocenters. The Morgan fingerprint density at radius 1 is 0.921 bits per heavy atom. The average Bonchev–Trinajstić information content (AvgIpc) is 2.93. The zero-order valence-electron chi connectivity index (χ0n) is 21.7. The fourth-order valence-corrected chi connectivity index (χ4v) is 5.40. The highest BCUT2D eigenvalue weighted by molar-refractivity contribution is 7.92. The maximum Gasteiger partial charge on any atom is 0.264 e. The quantitative estimate of drug-likeness (QED) is 0.326. The lowest BCUT2D eigenvalue weighted by Crippen LogP contribution is -2.52. The van der Waals surface area contributed by atoms with E-state index >= 15 is 0 Å². The molecule has 0 aliphatic heterocycles. The van der Waals surface area contributed by atoms with Gasteiger partial charge in [0.2, 0.25) is 11.8 Å². The first-order chi connectivity index (χ1) is 18.2. The van der Waals surface area contributed by atoms with Gasteiger partial charge < -0.3 is 10.2 Å². The summed E-state index contributed by atoms with van der Waals surface area (Å²) in [4.78, 5) is 28.0. The standard InChI is InChI=1S/C29H34FN3O4S/c1-3-4-20-31-29(35)23(2)32(21-19-24-11-7-5-8-12-24)28(34)22-33(26-17-15-25(30)16-18-26)38(36,37)27-13-9-6-10-14-27/h5-18,23H,3-4,19-22H2,1-2H3,(H,31,35). The van der Waals surface area contributed by atoms with E-state index in [1.165, 1.54) is 29.2 Å². The summed E-state index contributed by atoms with van der Waals surface area (Å²) in [6.07, 6.45) is 2.21. The molecule has 2 amide bonds. The molecule has 1 N–H and O–H groups in total. The number of nitrogens with zero attached hydrogens (tertiary/aromatic N) is 2. The molecule has 3 aromatic rings. The second kappa shape index (κ2) is 13.7. The molecule has 38 heavy (non-hydrogen) atoms. The van der Waals surface area contributed by atoms with E-state index in [0.717, 1.165) is 34.8 Å². The van der Waals surface area contributed by atoms with Crippen LogP contribution in [-0.4, -0.2) is 50.8 Å². The highest BCUT2D eigenvalue weighted by Gasteiger charge is 2.32. The first kappa shape index (κ1) is 28.8. The van der Waals surface area contributed by atoms with Crippen molar-refractivity contribution in [2.45, 2.75) is 44.0 Å². The number of nitrogens with one attached hydrogen (secondary N) is 1. The van der Waals surface area contributed by atoms with E-state index in [0.29, 0.717) is 13.0 Å². The highest BCUT2D eigenvalue weighted by Crippen LogP contribution is 2.24. The lowest BCUT2D eigenvalue weighted by Gasteiger charge is -2.32. The van der Waals surface area contributed by atoms with Crippen LogP contribution in [0.4, 0.5) is 10.1 Å². The van der Waals surface area contributed by atoms with E-state index in [1.807, 2.05) is 37.3 Å². The molecule has 0 saturated heterocycles. The van der Waals surface area contributed by atoms with Crippen molar-refractivity contribution >= 4 is 27.5 Å². The van der Waals surface area contributed by atoms with Crippen LogP contribution in [0.3, 0.4) is 0 Å². The molecule has 1 unspecified atom stereocenters. The zero-order valence-corrected chi connectivity index (χ0v) is 22.5. The first-order valence-electron chi connectivity index (χ1n) is 12.7. The van der Waals surface area contributed by atoms with E-state index in [1.54, 1.807) is 25.1 Å². The number of benzene rings is 3. The van der Waals surface area contributed by atoms with Crippen molar-refractivity contribution in [3.8, 4) is 0 Å². The van der Waals surface area contributed by atoms with Crippen molar-refractivity contribution in [1.29, 1.82) is 0 Å². The molecule has 0 spiro atoms. The molecule has 0 heterocycles. The Hall–Kier alpha value is -3.72. The molecular formula is C29H34FN3O4S. The Morgan fingerprint density at radius 3 is 2.13 bits per heavy atom. The third-order valence-electron chi connectivity index (χ3n) is 6.21. The Kier molecular flexibility index (Phi) is 10.4. The molecule has 9 heteroatoms. The fraction of sp³-hybridized carbons (Fsp3) is 0.310. The topological polar surface area (TPSA) is 86.8 Å². The van der Waals surface area contributed by atoms with E-state index in [2.05, 4.69) is 5.32 Å². The molecule has 0 fully saturated rings. The monoisotopic (exact) mass is 539 g/mol. The number of sulfonamides is 1. The van der Waals surface area contributed by atoms with Crippen LogP contribution in [0.15, 0.2) is 89.8 Å². The third-order valence-corrected chi connectivity index (χ3v) is 7.99. The highest BCUT2D eigenvalue weighted by atomic mass is 32.2. The summed E-state index contributed by atoms with van der Waals surface area (Å²) in [7, 11) is -4.16. The van der Waals surface area contributed by atoms with Crippen LogP contribution in [0, 0.1) is 5.82 Å². The van der Waals surface area contributed by atoms with E-state index < -0.39 is 34.3 Å². The van der Waals surface area contributed by atoms with Crippen LogP contribution in [0.1, 0.15) is 32.3 Å². The van der Waals surface area contributed by atoms with Gasteiger partial charge in [-0.15, -0.1) is 0 Å². The van der Waals surface area contributed by atoms with Crippen LogP contribution < -0.4 is 9.62 Å². The van der Waals surface area contributed by atoms with Gasteiger partial charge in [0.05, 0.1) is 10.6 Å². The smallest absolute Gasteiger partial charge is 0.264 e. The van der Waals surface area contributed by atoms with Crippen LogP contribution in [-0.2, 0) is 26.0 Å². The summed E-state index contributed by atoms with van der Waals surface area (Å²) in [5, 5.41) is 2.86. The molecule has 202 valence electrons. The van der Waals surface area contributed by atoms with Crippen LogP contribution >= 0.6 is 0 Å². The lowest BCUT2D eigenvalue weighted by molar-refractivity contribution is -0.138. The van der Waals surface area contributed by atoms with Crippen LogP contribution in [0.2, 0.25) is 0 Å². The van der Waals surface area contributed by atoms with Gasteiger partial charge in [0.25, 0.3) is 10.0 Å². The number of halogens is 1. The van der Waals surface area contributed by atoms with Crippen LogP contribution in [0.25, 0.3) is 0 Å². The number of carbonyl (C=O) groups is 2. The van der Waals surface area contributed by atoms with E-state index in [9.17, 15) is 22.4 Å². The molecule has 0 radical (unpaired) electrons. The first-order valence-corrected chi connectivity index (χ1v) is 14.1. The molecule has 0 bridgehead atoms. The zero-order chi connectivity index (χ0) is 27.5. The summed E-state index contributed by atoms with van der Waals surface area (Å²) in [6.45, 7) is 3.81. The van der Waals surface area contributed by atoms with Crippen molar-refractivity contribution in [3.63, 3.8) is 0 Å². The molecule has 0 aliphatic carbocycles. The molecule has 7 nitrogen and oxygen atoms in total. The second-order valence-electron chi connectivity index (χ2n) is 8.94. The molecule has 3 aromatic carbocycles. The number of hydrogen-bond donors (Lipinski definition) is 1. The summed E-state index contributed by atoms with van der Waals surface area (Å²) in [5.74, 6) is -1.37. The molecule has 0 saturated carbocycles. The van der Waals surface area contributed by atoms with Gasteiger partial charge in [0.15, 0.2) is 0 Å². The minimum atomic E-state index is -4.16. The van der Waals surface area contributed by atoms with E-state index in [-0.39, 0.29) is 23.0 Å². The van der Waals surface area contributed by atoms with Crippen molar-refractivity contribution < 1.29 is 22.4 Å². The normalized spacial score (nSPS) is 12.0. The van der Waals surface area contributed by atoms with Gasteiger partial charge in [-0.2, -0.15) is 0 Å². The second-order valence-corrected chi connectivity index (χ2v) is 10.8. The van der Waals surface area contributed by atoms with Gasteiger partial charge in [-0.05, 0) is 61.7 Å². The lowest BCUT2D eigenvalue weighted by atomic mass is 10.1. The van der Waals surface area contributed by atoms with Gasteiger partial charge in [-0.3, -0.25) is 13.9 Å². The van der Waals surface area contributed by atoms with Crippen molar-refractivity contribution in [2.75, 3.05) is 23.9 Å². The van der Waals surface area contributed by atoms with Gasteiger partial charge in [0, 0.05) is 13.1 Å². The maximum absolute atomic E-state index is 13.7. The minimum Gasteiger partial charge on any atom is -0.354 e. The van der Waals surface area contributed by atoms with Gasteiger partial charge in [-0.1, -0.05) is 61.9 Å². The van der Waals surface area contributed by atoms with Crippen molar-refractivity contribution in [3.05, 3.63) is 96.3 Å². The third kappa shape index (κ3) is 7.64. The minimum absolute atomic E-state index is 0.00156.